The number of methoxy groups -OCH3 is 3. The third kappa shape index (κ3) is 5.54. The van der Waals surface area contributed by atoms with E-state index < -0.39 is 0 Å². The van der Waals surface area contributed by atoms with E-state index in [9.17, 15) is 9.59 Å². The van der Waals surface area contributed by atoms with E-state index in [2.05, 4.69) is 20.5 Å². The van der Waals surface area contributed by atoms with Crippen LogP contribution >= 0.6 is 0 Å². The number of anilines is 1. The molecular formula is C31H40N4O5. The number of ether oxygens (including phenoxy) is 3. The number of carbonyl (C=O) groups excluding carboxylic acids is 2. The highest BCUT2D eigenvalue weighted by atomic mass is 16.5. The number of nitrogens with zero attached hydrogens (tertiary/aromatic N) is 2. The second-order valence-corrected chi connectivity index (χ2v) is 10.3. The molecule has 3 heterocycles. The van der Waals surface area contributed by atoms with E-state index >= 15 is 0 Å². The first kappa shape index (κ1) is 27.3. The molecule has 0 aliphatic carbocycles. The third-order valence-corrected chi connectivity index (χ3v) is 8.03. The lowest BCUT2D eigenvalue weighted by molar-refractivity contribution is 0.0923. The maximum Gasteiger partial charge on any atom is 0.253 e. The molecule has 9 nitrogen and oxygen atoms in total. The maximum atomic E-state index is 13.1. The van der Waals surface area contributed by atoms with E-state index in [1.165, 1.54) is 0 Å². The van der Waals surface area contributed by atoms with E-state index in [1.807, 2.05) is 49.4 Å². The lowest BCUT2D eigenvalue weighted by Gasteiger charge is -2.40. The number of hydrogen-bond donors (Lipinski definition) is 2. The Morgan fingerprint density at radius 3 is 2.35 bits per heavy atom. The van der Waals surface area contributed by atoms with Crippen LogP contribution in [0, 0.1) is 6.92 Å². The SMILES string of the molecule is COc1ccc(CNC(=O)c2ccc(N3C4CCC3CC(NC(=O)c3cccc(OC)c3C)C4)nc2)c(OC)c1.[HH].[HH]. The van der Waals surface area contributed by atoms with Crippen LogP contribution in [0.15, 0.2) is 54.7 Å². The van der Waals surface area contributed by atoms with Gasteiger partial charge in [-0.15, -0.1) is 0 Å². The van der Waals surface area contributed by atoms with Crippen molar-refractivity contribution in [2.45, 2.75) is 57.3 Å². The molecule has 2 atom stereocenters. The van der Waals surface area contributed by atoms with Crippen molar-refractivity contribution in [2.24, 2.45) is 0 Å². The Bertz CT molecular complexity index is 1370. The van der Waals surface area contributed by atoms with Crippen LogP contribution in [0.4, 0.5) is 5.82 Å². The van der Waals surface area contributed by atoms with Crippen LogP contribution in [0.3, 0.4) is 0 Å². The molecule has 2 N–H and O–H groups in total. The molecule has 2 aromatic carbocycles. The lowest BCUT2D eigenvalue weighted by atomic mass is 9.96. The third-order valence-electron chi connectivity index (χ3n) is 8.03. The predicted octanol–water partition coefficient (Wildman–Crippen LogP) is 4.77. The Morgan fingerprint density at radius 1 is 0.950 bits per heavy atom. The summed E-state index contributed by atoms with van der Waals surface area (Å²) in [6, 6.07) is 15.5. The fourth-order valence-corrected chi connectivity index (χ4v) is 5.96. The van der Waals surface area contributed by atoms with Gasteiger partial charge in [0.05, 0.1) is 26.9 Å². The normalized spacial score (nSPS) is 19.6. The van der Waals surface area contributed by atoms with E-state index in [-0.39, 0.29) is 20.7 Å². The monoisotopic (exact) mass is 548 g/mol. The zero-order valence-corrected chi connectivity index (χ0v) is 23.4. The Labute approximate surface area is 237 Å². The summed E-state index contributed by atoms with van der Waals surface area (Å²) in [5, 5.41) is 6.20. The second kappa shape index (κ2) is 11.9. The second-order valence-electron chi connectivity index (χ2n) is 10.3. The summed E-state index contributed by atoms with van der Waals surface area (Å²) < 4.78 is 16.0. The summed E-state index contributed by atoms with van der Waals surface area (Å²) >= 11 is 0. The topological polar surface area (TPSA) is 102 Å². The highest BCUT2D eigenvalue weighted by molar-refractivity contribution is 5.96. The van der Waals surface area contributed by atoms with Crippen molar-refractivity contribution in [1.29, 1.82) is 0 Å². The molecule has 2 unspecified atom stereocenters. The van der Waals surface area contributed by atoms with Crippen molar-refractivity contribution in [3.8, 4) is 17.2 Å². The van der Waals surface area contributed by atoms with Crippen molar-refractivity contribution >= 4 is 17.6 Å². The fraction of sp³-hybridized carbons (Fsp3) is 0.387. The minimum atomic E-state index is -0.200. The molecule has 0 saturated carbocycles. The average molecular weight is 549 g/mol. The average Bonchev–Trinajstić information content (AvgIpc) is 3.25. The number of carbonyl (C=O) groups is 2. The first-order valence-corrected chi connectivity index (χ1v) is 13.6. The van der Waals surface area contributed by atoms with Crippen LogP contribution in [0.25, 0.3) is 0 Å². The number of aromatic nitrogens is 1. The van der Waals surface area contributed by atoms with E-state index in [0.29, 0.717) is 47.0 Å². The number of piperidine rings is 1. The molecule has 2 aliphatic heterocycles. The number of pyridine rings is 1. The molecule has 40 heavy (non-hydrogen) atoms. The van der Waals surface area contributed by atoms with Gasteiger partial charge in [0, 0.05) is 56.5 Å². The molecule has 214 valence electrons. The van der Waals surface area contributed by atoms with Gasteiger partial charge in [0.2, 0.25) is 0 Å². The Hall–Kier alpha value is -4.27. The smallest absolute Gasteiger partial charge is 0.253 e. The molecule has 0 radical (unpaired) electrons. The molecule has 2 fully saturated rings. The van der Waals surface area contributed by atoms with Gasteiger partial charge in [0.25, 0.3) is 11.8 Å². The number of rotatable bonds is 9. The van der Waals surface area contributed by atoms with Crippen molar-refractivity contribution in [1.82, 2.24) is 15.6 Å². The van der Waals surface area contributed by atoms with Gasteiger partial charge in [-0.1, -0.05) is 6.07 Å². The van der Waals surface area contributed by atoms with Crippen LogP contribution in [0.5, 0.6) is 17.2 Å². The largest absolute Gasteiger partial charge is 0.497 e. The quantitative estimate of drug-likeness (QED) is 0.397. The highest BCUT2D eigenvalue weighted by Crippen LogP contribution is 2.38. The van der Waals surface area contributed by atoms with Crippen LogP contribution in [-0.4, -0.2) is 56.3 Å². The molecular weight excluding hydrogens is 508 g/mol. The Kier molecular flexibility index (Phi) is 8.09. The fourth-order valence-electron chi connectivity index (χ4n) is 5.96. The number of fused-ring (bicyclic) bond motifs is 2. The number of nitrogens with one attached hydrogen (secondary N) is 2. The van der Waals surface area contributed by atoms with Crippen LogP contribution in [0.2, 0.25) is 0 Å². The van der Waals surface area contributed by atoms with E-state index in [1.54, 1.807) is 33.6 Å². The van der Waals surface area contributed by atoms with Gasteiger partial charge >= 0.3 is 0 Å². The highest BCUT2D eigenvalue weighted by Gasteiger charge is 2.42. The Morgan fingerprint density at radius 2 is 1.70 bits per heavy atom. The molecule has 3 aromatic rings. The number of benzene rings is 2. The van der Waals surface area contributed by atoms with Crippen LogP contribution < -0.4 is 29.7 Å². The summed E-state index contributed by atoms with van der Waals surface area (Å²) in [6.07, 6.45) is 5.47. The Balaban J connectivity index is 0.00000242. The van der Waals surface area contributed by atoms with Gasteiger partial charge < -0.3 is 29.7 Å². The van der Waals surface area contributed by atoms with Crippen molar-refractivity contribution in [3.63, 3.8) is 0 Å². The zero-order chi connectivity index (χ0) is 28.2. The molecule has 2 aliphatic rings. The minimum absolute atomic E-state index is 0. The standard InChI is InChI=1S/C31H36N4O5.2H2/c1-19-26(6-5-7-27(19)39-3)31(37)34-22-14-23-10-11-24(15-22)35(23)29-13-9-21(18-32-29)30(36)33-17-20-8-12-25(38-2)16-28(20)40-4;;/h5-9,12-13,16,18,22-24H,10-11,14-15,17H2,1-4H3,(H,33,36)(H,34,37);2*1H. The van der Waals surface area contributed by atoms with Crippen LogP contribution in [0.1, 0.15) is 60.4 Å². The van der Waals surface area contributed by atoms with E-state index in [4.69, 9.17) is 14.2 Å². The summed E-state index contributed by atoms with van der Waals surface area (Å²) in [7, 11) is 4.81. The maximum absolute atomic E-state index is 13.1. The zero-order valence-electron chi connectivity index (χ0n) is 23.4. The van der Waals surface area contributed by atoms with Gasteiger partial charge in [0.1, 0.15) is 23.1 Å². The molecule has 2 saturated heterocycles. The minimum Gasteiger partial charge on any atom is -0.497 e. The van der Waals surface area contributed by atoms with Gasteiger partial charge in [0.15, 0.2) is 0 Å². The summed E-state index contributed by atoms with van der Waals surface area (Å²) in [6.45, 7) is 2.23. The van der Waals surface area contributed by atoms with Gasteiger partial charge in [-0.3, -0.25) is 9.59 Å². The summed E-state index contributed by atoms with van der Waals surface area (Å²) in [4.78, 5) is 32.9. The predicted molar refractivity (Wildman–Crippen MR) is 157 cm³/mol. The summed E-state index contributed by atoms with van der Waals surface area (Å²) in [5.74, 6) is 2.67. The lowest BCUT2D eigenvalue weighted by Crippen LogP contribution is -2.50. The van der Waals surface area contributed by atoms with Crippen molar-refractivity contribution in [3.05, 3.63) is 77.0 Å². The number of hydrogen-bond acceptors (Lipinski definition) is 7. The summed E-state index contributed by atoms with van der Waals surface area (Å²) in [5.41, 5.74) is 2.85. The van der Waals surface area contributed by atoms with Crippen molar-refractivity contribution < 1.29 is 26.7 Å². The van der Waals surface area contributed by atoms with Crippen molar-refractivity contribution in [2.75, 3.05) is 26.2 Å². The first-order chi connectivity index (χ1) is 19.4. The molecule has 2 bridgehead atoms. The molecule has 9 heteroatoms. The molecule has 1 aromatic heterocycles. The van der Waals surface area contributed by atoms with Crippen LogP contribution in [-0.2, 0) is 6.54 Å². The molecule has 0 spiro atoms. The molecule has 2 amide bonds. The van der Waals surface area contributed by atoms with E-state index in [0.717, 1.165) is 42.6 Å². The molecule has 5 rings (SSSR count). The first-order valence-electron chi connectivity index (χ1n) is 13.6. The van der Waals surface area contributed by atoms with Gasteiger partial charge in [-0.2, -0.15) is 0 Å². The van der Waals surface area contributed by atoms with Gasteiger partial charge in [-0.05, 0) is 69.0 Å². The van der Waals surface area contributed by atoms with Gasteiger partial charge in [-0.25, -0.2) is 4.98 Å². The number of amides is 2.